The molecule has 0 spiro atoms. The highest BCUT2D eigenvalue weighted by Crippen LogP contribution is 2.35. The first-order chi connectivity index (χ1) is 13.3. The maximum Gasteiger partial charge on any atom is 0.264 e. The Morgan fingerprint density at radius 3 is 2.44 bits per heavy atom. The van der Waals surface area contributed by atoms with E-state index < -0.39 is 0 Å². The van der Waals surface area contributed by atoms with E-state index >= 15 is 0 Å². The van der Waals surface area contributed by atoms with Gasteiger partial charge in [-0.15, -0.1) is 0 Å². The molecule has 0 bridgehead atoms. The van der Waals surface area contributed by atoms with Crippen LogP contribution in [0, 0.1) is 0 Å². The van der Waals surface area contributed by atoms with Crippen LogP contribution in [-0.2, 0) is 0 Å². The molecular weight excluding hydrogens is 336 g/mol. The van der Waals surface area contributed by atoms with E-state index in [0.717, 1.165) is 43.7 Å². The van der Waals surface area contributed by atoms with Gasteiger partial charge in [-0.1, -0.05) is 42.5 Å². The molecule has 0 amide bonds. The summed E-state index contributed by atoms with van der Waals surface area (Å²) in [6.07, 6.45) is 0. The Balaban J connectivity index is 2.02. The molecule has 0 aliphatic carbocycles. The van der Waals surface area contributed by atoms with Crippen LogP contribution in [0.15, 0.2) is 71.5 Å². The molecule has 4 nitrogen and oxygen atoms in total. The number of hydrogen-bond donors (Lipinski definition) is 0. The summed E-state index contributed by atoms with van der Waals surface area (Å²) in [4.78, 5) is 18.4. The molecule has 0 radical (unpaired) electrons. The highest BCUT2D eigenvalue weighted by molar-refractivity contribution is 6.18. The van der Waals surface area contributed by atoms with Gasteiger partial charge < -0.3 is 4.74 Å². The van der Waals surface area contributed by atoms with Gasteiger partial charge in [0.05, 0.1) is 18.1 Å². The van der Waals surface area contributed by atoms with Crippen molar-refractivity contribution in [2.24, 2.45) is 0 Å². The van der Waals surface area contributed by atoms with E-state index in [2.05, 4.69) is 12.1 Å². The van der Waals surface area contributed by atoms with Crippen molar-refractivity contribution in [3.63, 3.8) is 0 Å². The van der Waals surface area contributed by atoms with Gasteiger partial charge in [0.1, 0.15) is 11.4 Å². The zero-order valence-electron chi connectivity index (χ0n) is 14.6. The van der Waals surface area contributed by atoms with Crippen molar-refractivity contribution in [3.8, 4) is 5.75 Å². The second-order valence-electron chi connectivity index (χ2n) is 6.77. The monoisotopic (exact) mass is 350 g/mol. The molecule has 0 unspecified atom stereocenters. The average Bonchev–Trinajstić information content (AvgIpc) is 2.71. The van der Waals surface area contributed by atoms with E-state index in [9.17, 15) is 4.79 Å². The number of methoxy groups -OCH3 is 1. The molecule has 4 heteroatoms. The van der Waals surface area contributed by atoms with Crippen molar-refractivity contribution in [1.29, 1.82) is 0 Å². The lowest BCUT2D eigenvalue weighted by molar-refractivity contribution is 0.420. The standard InChI is InChI=1S/C23H14N2O2/c1-27-19-12-11-16-21-14(19)7-4-8-15(21)22-24-17-9-2-5-13-6-3-10-18(20(13)17)25(22)23(16)26/h2-12H,1H3. The van der Waals surface area contributed by atoms with Crippen LogP contribution in [-0.4, -0.2) is 16.5 Å². The molecule has 0 aliphatic heterocycles. The molecule has 6 rings (SSSR count). The van der Waals surface area contributed by atoms with Crippen LogP contribution in [0.2, 0.25) is 0 Å². The second-order valence-corrected chi connectivity index (χ2v) is 6.77. The average molecular weight is 350 g/mol. The normalized spacial score (nSPS) is 12.0. The molecule has 0 saturated heterocycles. The summed E-state index contributed by atoms with van der Waals surface area (Å²) < 4.78 is 7.26. The maximum absolute atomic E-state index is 13.5. The number of pyridine rings is 1. The first-order valence-corrected chi connectivity index (χ1v) is 8.83. The fraction of sp³-hybridized carbons (Fsp3) is 0.0435. The van der Waals surface area contributed by atoms with Crippen molar-refractivity contribution in [2.75, 3.05) is 7.11 Å². The number of aromatic nitrogens is 2. The smallest absolute Gasteiger partial charge is 0.264 e. The zero-order valence-corrected chi connectivity index (χ0v) is 14.6. The van der Waals surface area contributed by atoms with Gasteiger partial charge >= 0.3 is 0 Å². The summed E-state index contributed by atoms with van der Waals surface area (Å²) in [5.41, 5.74) is 2.40. The van der Waals surface area contributed by atoms with Crippen molar-refractivity contribution in [2.45, 2.75) is 0 Å². The third kappa shape index (κ3) is 1.72. The predicted octanol–water partition coefficient (Wildman–Crippen LogP) is 4.75. The summed E-state index contributed by atoms with van der Waals surface area (Å²) in [6.45, 7) is 0. The van der Waals surface area contributed by atoms with Crippen molar-refractivity contribution < 1.29 is 4.74 Å². The van der Waals surface area contributed by atoms with E-state index in [0.29, 0.717) is 11.0 Å². The summed E-state index contributed by atoms with van der Waals surface area (Å²) in [5, 5.41) is 5.56. The minimum atomic E-state index is -0.0536. The van der Waals surface area contributed by atoms with Crippen LogP contribution in [0.1, 0.15) is 0 Å². The summed E-state index contributed by atoms with van der Waals surface area (Å²) >= 11 is 0. The van der Waals surface area contributed by atoms with Crippen molar-refractivity contribution in [1.82, 2.24) is 9.38 Å². The summed E-state index contributed by atoms with van der Waals surface area (Å²) in [6, 6.07) is 21.8. The highest BCUT2D eigenvalue weighted by Gasteiger charge is 2.17. The Morgan fingerprint density at radius 1 is 0.815 bits per heavy atom. The summed E-state index contributed by atoms with van der Waals surface area (Å²) in [7, 11) is 1.65. The second kappa shape index (κ2) is 4.95. The lowest BCUT2D eigenvalue weighted by Gasteiger charge is -2.15. The lowest BCUT2D eigenvalue weighted by atomic mass is 10.0. The van der Waals surface area contributed by atoms with Gasteiger partial charge in [-0.05, 0) is 29.7 Å². The molecular formula is C23H14N2O2. The molecule has 0 N–H and O–H groups in total. The van der Waals surface area contributed by atoms with Crippen LogP contribution in [0.5, 0.6) is 5.75 Å². The molecule has 0 atom stereocenters. The van der Waals surface area contributed by atoms with Gasteiger partial charge in [0.2, 0.25) is 0 Å². The van der Waals surface area contributed by atoms with Gasteiger partial charge in [0.15, 0.2) is 0 Å². The van der Waals surface area contributed by atoms with E-state index in [1.165, 1.54) is 0 Å². The van der Waals surface area contributed by atoms with Crippen molar-refractivity contribution >= 4 is 49.0 Å². The first-order valence-electron chi connectivity index (χ1n) is 8.83. The Hall–Kier alpha value is -3.66. The quantitative estimate of drug-likeness (QED) is 0.317. The minimum absolute atomic E-state index is 0.0536. The topological polar surface area (TPSA) is 43.6 Å². The fourth-order valence-corrected chi connectivity index (χ4v) is 4.29. The first kappa shape index (κ1) is 14.5. The number of fused-ring (bicyclic) bond motifs is 3. The Bertz CT molecular complexity index is 1580. The molecule has 4 aromatic carbocycles. The number of ether oxygens (including phenoxy) is 1. The number of nitrogens with zero attached hydrogens (tertiary/aromatic N) is 2. The molecule has 27 heavy (non-hydrogen) atoms. The van der Waals surface area contributed by atoms with Gasteiger partial charge in [-0.3, -0.25) is 9.20 Å². The predicted molar refractivity (Wildman–Crippen MR) is 109 cm³/mol. The molecule has 2 aromatic heterocycles. The molecule has 2 heterocycles. The molecule has 0 fully saturated rings. The molecule has 6 aromatic rings. The van der Waals surface area contributed by atoms with Crippen LogP contribution >= 0.6 is 0 Å². The maximum atomic E-state index is 13.5. The van der Waals surface area contributed by atoms with E-state index in [4.69, 9.17) is 9.72 Å². The van der Waals surface area contributed by atoms with Crippen molar-refractivity contribution in [3.05, 3.63) is 77.1 Å². The number of benzene rings is 4. The Morgan fingerprint density at radius 2 is 1.59 bits per heavy atom. The summed E-state index contributed by atoms with van der Waals surface area (Å²) in [5.74, 6) is 0.760. The molecule has 128 valence electrons. The van der Waals surface area contributed by atoms with Gasteiger partial charge in [-0.2, -0.15) is 0 Å². The van der Waals surface area contributed by atoms with E-state index in [1.54, 1.807) is 11.5 Å². The molecule has 0 saturated carbocycles. The van der Waals surface area contributed by atoms with Crippen LogP contribution in [0.4, 0.5) is 0 Å². The van der Waals surface area contributed by atoms with Crippen LogP contribution in [0.25, 0.3) is 49.0 Å². The van der Waals surface area contributed by atoms with Crippen LogP contribution < -0.4 is 10.3 Å². The van der Waals surface area contributed by atoms with E-state index in [-0.39, 0.29) is 5.56 Å². The number of hydrogen-bond acceptors (Lipinski definition) is 3. The van der Waals surface area contributed by atoms with Gasteiger partial charge in [0, 0.05) is 26.9 Å². The third-order valence-electron chi connectivity index (χ3n) is 5.43. The molecule has 0 aliphatic rings. The van der Waals surface area contributed by atoms with Crippen LogP contribution in [0.3, 0.4) is 0 Å². The third-order valence-corrected chi connectivity index (χ3v) is 5.43. The largest absolute Gasteiger partial charge is 0.496 e. The number of rotatable bonds is 1. The zero-order chi connectivity index (χ0) is 18.1. The Kier molecular flexibility index (Phi) is 2.66. The lowest BCUT2D eigenvalue weighted by Crippen LogP contribution is -2.16. The SMILES string of the molecule is COc1ccc2c(=O)n3c4cccc5cccc(nc3c3cccc1c23)c54. The van der Waals surface area contributed by atoms with E-state index in [1.807, 2.05) is 54.6 Å². The minimum Gasteiger partial charge on any atom is -0.496 e. The van der Waals surface area contributed by atoms with Gasteiger partial charge in [-0.25, -0.2) is 4.98 Å². The highest BCUT2D eigenvalue weighted by atomic mass is 16.5. The van der Waals surface area contributed by atoms with Gasteiger partial charge in [0.25, 0.3) is 5.56 Å². The Labute approximate surface area is 153 Å². The fourth-order valence-electron chi connectivity index (χ4n) is 4.29.